The van der Waals surface area contributed by atoms with Crippen molar-refractivity contribution in [2.75, 3.05) is 25.1 Å². The molecule has 152 valence electrons. The molecule has 9 heteroatoms. The van der Waals surface area contributed by atoms with Crippen LogP contribution in [0.2, 0.25) is 0 Å². The molecule has 0 aliphatic heterocycles. The van der Waals surface area contributed by atoms with Gasteiger partial charge in [-0.05, 0) is 52.0 Å². The Hall–Kier alpha value is -2.55. The van der Waals surface area contributed by atoms with Gasteiger partial charge in [-0.1, -0.05) is 11.8 Å². The molecule has 0 radical (unpaired) electrons. The fourth-order valence-electron chi connectivity index (χ4n) is 2.75. The molecule has 0 unspecified atom stereocenters. The third kappa shape index (κ3) is 5.03. The van der Waals surface area contributed by atoms with Gasteiger partial charge in [0.1, 0.15) is 0 Å². The maximum Gasteiger partial charge on any atom is 0.413 e. The van der Waals surface area contributed by atoms with Crippen molar-refractivity contribution in [1.29, 1.82) is 0 Å². The summed E-state index contributed by atoms with van der Waals surface area (Å²) < 4.78 is 6.41. The molecule has 0 bridgehead atoms. The lowest BCUT2D eigenvalue weighted by Gasteiger charge is -2.21. The summed E-state index contributed by atoms with van der Waals surface area (Å²) in [5, 5.41) is 10.8. The highest BCUT2D eigenvalue weighted by atomic mass is 32.2. The molecule has 0 fully saturated rings. The van der Waals surface area contributed by atoms with E-state index in [1.165, 1.54) is 24.6 Å². The Bertz CT molecular complexity index is 802. The van der Waals surface area contributed by atoms with Gasteiger partial charge in [-0.2, -0.15) is 0 Å². The van der Waals surface area contributed by atoms with Crippen molar-refractivity contribution in [3.8, 4) is 11.4 Å². The summed E-state index contributed by atoms with van der Waals surface area (Å²) in [6, 6.07) is 8.23. The number of nitrogens with zero attached hydrogens (tertiary/aromatic N) is 4. The molecule has 1 aromatic carbocycles. The van der Waals surface area contributed by atoms with Crippen LogP contribution >= 0.6 is 11.8 Å². The monoisotopic (exact) mass is 405 g/mol. The molecular weight excluding hydrogens is 378 g/mol. The average Bonchev–Trinajstić information content (AvgIpc) is 3.11. The SMILES string of the molecule is CCN(CC)c1ccc(-c2nnc(S[C@@H](C)C(=O)NC(=O)OC)n2CC)cc1. The molecule has 28 heavy (non-hydrogen) atoms. The standard InChI is InChI=1S/C19H27N5O3S/c1-6-23(7-2)15-11-9-14(10-12-15)16-21-22-18(24(16)8-3)28-13(4)17(25)20-19(26)27-5/h9-13H,6-8H2,1-5H3,(H,20,25,26)/t13-/m0/s1. The fourth-order valence-corrected chi connectivity index (χ4v) is 3.66. The molecular formula is C19H27N5O3S. The normalized spacial score (nSPS) is 11.8. The van der Waals surface area contributed by atoms with E-state index in [0.29, 0.717) is 11.7 Å². The van der Waals surface area contributed by atoms with Crippen LogP contribution in [0.15, 0.2) is 29.4 Å². The van der Waals surface area contributed by atoms with E-state index in [0.717, 1.165) is 24.5 Å². The number of carbonyl (C=O) groups is 2. The molecule has 0 aliphatic carbocycles. The Kier molecular flexibility index (Phi) is 7.86. The van der Waals surface area contributed by atoms with Gasteiger partial charge in [-0.15, -0.1) is 10.2 Å². The Morgan fingerprint density at radius 2 is 1.82 bits per heavy atom. The Morgan fingerprint density at radius 3 is 2.36 bits per heavy atom. The lowest BCUT2D eigenvalue weighted by atomic mass is 10.2. The van der Waals surface area contributed by atoms with E-state index in [1.807, 2.05) is 23.6 Å². The molecule has 1 aromatic heterocycles. The molecule has 2 amide bonds. The van der Waals surface area contributed by atoms with E-state index < -0.39 is 17.3 Å². The molecule has 1 atom stereocenters. The zero-order valence-electron chi connectivity index (χ0n) is 16.9. The number of nitrogens with one attached hydrogen (secondary N) is 1. The summed E-state index contributed by atoms with van der Waals surface area (Å²) >= 11 is 1.25. The molecule has 2 aromatic rings. The number of amides is 2. The first kappa shape index (κ1) is 21.7. The zero-order valence-corrected chi connectivity index (χ0v) is 17.7. The van der Waals surface area contributed by atoms with Crippen LogP contribution in [0.1, 0.15) is 27.7 Å². The van der Waals surface area contributed by atoms with E-state index in [9.17, 15) is 9.59 Å². The third-order valence-electron chi connectivity index (χ3n) is 4.35. The number of rotatable bonds is 8. The number of alkyl carbamates (subject to hydrolysis) is 1. The van der Waals surface area contributed by atoms with Gasteiger partial charge >= 0.3 is 6.09 Å². The first-order chi connectivity index (χ1) is 13.4. The van der Waals surface area contributed by atoms with Crippen molar-refractivity contribution in [2.45, 2.75) is 44.6 Å². The van der Waals surface area contributed by atoms with E-state index >= 15 is 0 Å². The maximum atomic E-state index is 12.1. The summed E-state index contributed by atoms with van der Waals surface area (Å²) in [7, 11) is 1.21. The van der Waals surface area contributed by atoms with Gasteiger partial charge in [-0.3, -0.25) is 10.1 Å². The second-order valence-electron chi connectivity index (χ2n) is 6.01. The molecule has 1 N–H and O–H groups in total. The summed E-state index contributed by atoms with van der Waals surface area (Å²) in [4.78, 5) is 25.5. The van der Waals surface area contributed by atoms with Crippen LogP contribution in [-0.4, -0.2) is 52.2 Å². The number of ether oxygens (including phenoxy) is 1. The van der Waals surface area contributed by atoms with Gasteiger partial charge in [0.05, 0.1) is 12.4 Å². The van der Waals surface area contributed by atoms with Crippen molar-refractivity contribution < 1.29 is 14.3 Å². The fraction of sp³-hybridized carbons (Fsp3) is 0.474. The van der Waals surface area contributed by atoms with Crippen LogP contribution in [0.3, 0.4) is 0 Å². The predicted octanol–water partition coefficient (Wildman–Crippen LogP) is 3.17. The largest absolute Gasteiger partial charge is 0.453 e. The van der Waals surface area contributed by atoms with Crippen molar-refractivity contribution in [2.24, 2.45) is 0 Å². The van der Waals surface area contributed by atoms with Crippen LogP contribution in [0, 0.1) is 0 Å². The van der Waals surface area contributed by atoms with Gasteiger partial charge in [-0.25, -0.2) is 4.79 Å². The number of benzene rings is 1. The molecule has 2 rings (SSSR count). The van der Waals surface area contributed by atoms with Crippen LogP contribution in [0.4, 0.5) is 10.5 Å². The smallest absolute Gasteiger partial charge is 0.413 e. The van der Waals surface area contributed by atoms with Crippen molar-refractivity contribution >= 4 is 29.4 Å². The topological polar surface area (TPSA) is 89.3 Å². The van der Waals surface area contributed by atoms with Crippen molar-refractivity contribution in [1.82, 2.24) is 20.1 Å². The van der Waals surface area contributed by atoms with E-state index in [2.05, 4.69) is 51.1 Å². The average molecular weight is 406 g/mol. The Morgan fingerprint density at radius 1 is 1.18 bits per heavy atom. The second kappa shape index (κ2) is 10.1. The van der Waals surface area contributed by atoms with Gasteiger partial charge < -0.3 is 14.2 Å². The molecule has 8 nitrogen and oxygen atoms in total. The highest BCUT2D eigenvalue weighted by Crippen LogP contribution is 2.28. The minimum atomic E-state index is -0.775. The van der Waals surface area contributed by atoms with Gasteiger partial charge in [0.25, 0.3) is 0 Å². The minimum absolute atomic E-state index is 0.437. The summed E-state index contributed by atoms with van der Waals surface area (Å²) in [6.07, 6.45) is -0.775. The lowest BCUT2D eigenvalue weighted by Crippen LogP contribution is -2.36. The summed E-state index contributed by atoms with van der Waals surface area (Å²) in [5.74, 6) is 0.310. The second-order valence-corrected chi connectivity index (χ2v) is 7.32. The zero-order chi connectivity index (χ0) is 20.7. The number of anilines is 1. The van der Waals surface area contributed by atoms with E-state index in [1.54, 1.807) is 6.92 Å². The number of hydrogen-bond acceptors (Lipinski definition) is 7. The predicted molar refractivity (Wildman–Crippen MR) is 111 cm³/mol. The quantitative estimate of drug-likeness (QED) is 0.675. The van der Waals surface area contributed by atoms with Gasteiger partial charge in [0.15, 0.2) is 11.0 Å². The molecule has 1 heterocycles. The van der Waals surface area contributed by atoms with E-state index in [4.69, 9.17) is 0 Å². The van der Waals surface area contributed by atoms with Crippen LogP contribution in [0.25, 0.3) is 11.4 Å². The van der Waals surface area contributed by atoms with Crippen molar-refractivity contribution in [3.05, 3.63) is 24.3 Å². The first-order valence-corrected chi connectivity index (χ1v) is 10.2. The van der Waals surface area contributed by atoms with Crippen LogP contribution in [0.5, 0.6) is 0 Å². The first-order valence-electron chi connectivity index (χ1n) is 9.29. The number of thioether (sulfide) groups is 1. The number of imide groups is 1. The molecule has 0 saturated heterocycles. The summed E-state index contributed by atoms with van der Waals surface area (Å²) in [5.41, 5.74) is 2.13. The van der Waals surface area contributed by atoms with Gasteiger partial charge in [0.2, 0.25) is 5.91 Å². The maximum absolute atomic E-state index is 12.1. The molecule has 0 aliphatic rings. The van der Waals surface area contributed by atoms with Crippen LogP contribution in [-0.2, 0) is 16.1 Å². The number of carbonyl (C=O) groups excluding carboxylic acids is 2. The molecule has 0 saturated carbocycles. The highest BCUT2D eigenvalue weighted by molar-refractivity contribution is 8.00. The lowest BCUT2D eigenvalue weighted by molar-refractivity contribution is -0.119. The minimum Gasteiger partial charge on any atom is -0.453 e. The Labute approximate surface area is 169 Å². The van der Waals surface area contributed by atoms with Crippen molar-refractivity contribution in [3.63, 3.8) is 0 Å². The number of hydrogen-bond donors (Lipinski definition) is 1. The van der Waals surface area contributed by atoms with Crippen LogP contribution < -0.4 is 10.2 Å². The number of aromatic nitrogens is 3. The summed E-state index contributed by atoms with van der Waals surface area (Å²) in [6.45, 7) is 10.5. The highest BCUT2D eigenvalue weighted by Gasteiger charge is 2.22. The third-order valence-corrected chi connectivity index (χ3v) is 5.43. The Balaban J connectivity index is 2.19. The van der Waals surface area contributed by atoms with E-state index in [-0.39, 0.29) is 0 Å². The number of methoxy groups -OCH3 is 1. The van der Waals surface area contributed by atoms with Gasteiger partial charge in [0, 0.05) is 30.9 Å². The molecule has 0 spiro atoms.